The van der Waals surface area contributed by atoms with Crippen molar-refractivity contribution in [1.29, 1.82) is 0 Å². The smallest absolute Gasteiger partial charge is 0.264 e. The molecule has 0 radical (unpaired) electrons. The minimum absolute atomic E-state index is 0.0595. The van der Waals surface area contributed by atoms with Gasteiger partial charge in [-0.1, -0.05) is 23.3 Å². The molecule has 2 atom stereocenters. The lowest BCUT2D eigenvalue weighted by atomic mass is 9.80. The van der Waals surface area contributed by atoms with Crippen LogP contribution in [0.2, 0.25) is 0 Å². The molecule has 0 aliphatic carbocycles. The molecular formula is C32H26N2O6. The summed E-state index contributed by atoms with van der Waals surface area (Å²) in [6.07, 6.45) is 0.330. The molecule has 7 rings (SSSR count). The molecule has 8 nitrogen and oxygen atoms in total. The molecule has 0 saturated heterocycles. The van der Waals surface area contributed by atoms with E-state index in [2.05, 4.69) is 0 Å². The number of hydrogen-bond acceptors (Lipinski definition) is 7. The minimum atomic E-state index is -1.82. The molecule has 0 fully saturated rings. The molecule has 0 saturated carbocycles. The van der Waals surface area contributed by atoms with E-state index in [4.69, 9.17) is 19.2 Å². The summed E-state index contributed by atoms with van der Waals surface area (Å²) in [5.41, 5.74) is 4.36. The molecule has 1 amide bonds. The Morgan fingerprint density at radius 3 is 2.50 bits per heavy atom. The van der Waals surface area contributed by atoms with Gasteiger partial charge in [-0.15, -0.1) is 0 Å². The molecule has 0 unspecified atom stereocenters. The molecule has 40 heavy (non-hydrogen) atoms. The molecule has 8 heteroatoms. The average Bonchev–Trinajstić information content (AvgIpc) is 3.26. The third kappa shape index (κ3) is 3.53. The van der Waals surface area contributed by atoms with Gasteiger partial charge in [0.25, 0.3) is 5.91 Å². The van der Waals surface area contributed by atoms with E-state index in [1.165, 1.54) is 4.90 Å². The van der Waals surface area contributed by atoms with Crippen molar-refractivity contribution in [3.05, 3.63) is 100 Å². The van der Waals surface area contributed by atoms with Crippen molar-refractivity contribution < 1.29 is 28.9 Å². The summed E-state index contributed by atoms with van der Waals surface area (Å²) in [5.74, 6) is 1.05. The van der Waals surface area contributed by atoms with Gasteiger partial charge in [-0.25, -0.2) is 0 Å². The summed E-state index contributed by atoms with van der Waals surface area (Å²) in [4.78, 5) is 32.5. The van der Waals surface area contributed by atoms with Gasteiger partial charge in [0.1, 0.15) is 23.9 Å². The summed E-state index contributed by atoms with van der Waals surface area (Å²) in [6.45, 7) is 4.16. The number of nitrogens with zero attached hydrogens (tertiary/aromatic N) is 2. The Bertz CT molecular complexity index is 1750. The van der Waals surface area contributed by atoms with Crippen LogP contribution in [0.3, 0.4) is 0 Å². The normalized spacial score (nSPS) is 20.4. The fraction of sp³-hybridized carbons (Fsp3) is 0.219. The van der Waals surface area contributed by atoms with Gasteiger partial charge < -0.3 is 24.2 Å². The molecule has 0 bridgehead atoms. The Kier molecular flexibility index (Phi) is 5.27. The van der Waals surface area contributed by atoms with Crippen LogP contribution in [0.4, 0.5) is 5.69 Å². The highest BCUT2D eigenvalue weighted by Crippen LogP contribution is 2.48. The van der Waals surface area contributed by atoms with Gasteiger partial charge in [0.05, 0.1) is 11.4 Å². The van der Waals surface area contributed by atoms with E-state index in [9.17, 15) is 14.7 Å². The van der Waals surface area contributed by atoms with E-state index in [-0.39, 0.29) is 24.7 Å². The van der Waals surface area contributed by atoms with E-state index < -0.39 is 17.5 Å². The predicted octanol–water partition coefficient (Wildman–Crippen LogP) is 4.49. The molecule has 1 N–H and O–H groups in total. The van der Waals surface area contributed by atoms with E-state index in [0.717, 1.165) is 33.7 Å². The van der Waals surface area contributed by atoms with Gasteiger partial charge in [0.15, 0.2) is 18.3 Å². The number of aromatic nitrogens is 1. The zero-order valence-corrected chi connectivity index (χ0v) is 22.2. The number of aliphatic hydroxyl groups is 1. The first-order valence-electron chi connectivity index (χ1n) is 13.0. The van der Waals surface area contributed by atoms with Crippen LogP contribution in [-0.2, 0) is 17.0 Å². The first kappa shape index (κ1) is 24.4. The summed E-state index contributed by atoms with van der Waals surface area (Å²) < 4.78 is 17.7. The zero-order valence-electron chi connectivity index (χ0n) is 22.2. The second kappa shape index (κ2) is 8.66. The molecule has 4 heterocycles. The fourth-order valence-electron chi connectivity index (χ4n) is 5.71. The summed E-state index contributed by atoms with van der Waals surface area (Å²) in [7, 11) is 1.64. The van der Waals surface area contributed by atoms with Crippen molar-refractivity contribution in [3.63, 3.8) is 0 Å². The monoisotopic (exact) mass is 534 g/mol. The molecule has 3 aliphatic heterocycles. The van der Waals surface area contributed by atoms with Crippen molar-refractivity contribution >= 4 is 17.4 Å². The highest BCUT2D eigenvalue weighted by atomic mass is 16.5. The number of hydrogen-bond donors (Lipinski definition) is 1. The largest absolute Gasteiger partial charge is 0.488 e. The van der Waals surface area contributed by atoms with Crippen LogP contribution in [0, 0.1) is 13.8 Å². The number of carbonyl (C=O) groups excluding carboxylic acids is 2. The number of rotatable bonds is 3. The van der Waals surface area contributed by atoms with E-state index >= 15 is 0 Å². The van der Waals surface area contributed by atoms with E-state index in [1.54, 1.807) is 37.5 Å². The van der Waals surface area contributed by atoms with Gasteiger partial charge in [-0.2, -0.15) is 0 Å². The van der Waals surface area contributed by atoms with Crippen LogP contribution in [0.25, 0.3) is 11.3 Å². The number of pyridine rings is 1. The number of aryl methyl sites for hydroxylation is 2. The van der Waals surface area contributed by atoms with Gasteiger partial charge in [0.2, 0.25) is 5.78 Å². The summed E-state index contributed by atoms with van der Waals surface area (Å²) in [6, 6.07) is 18.2. The highest BCUT2D eigenvalue weighted by molar-refractivity contribution is 6.04. The molecule has 1 aromatic heterocycles. The number of carbonyl (C=O) groups is 2. The standard InChI is InChI=1S/C32H26N2O6/c1-17-4-7-25-22(10-17)29-20(15-38-25)12-21(14-33-29)32(37)23-11-18(2)5-8-26(23)40-31(32)30(36)19-6-9-27-24(13-19)34(3)28(35)16-39-27/h4-14,31,37H,15-16H2,1-3H3/t31-,32-/m0/s1. The Balaban J connectivity index is 1.34. The number of fused-ring (bicyclic) bond motifs is 5. The Morgan fingerprint density at radius 1 is 0.950 bits per heavy atom. The lowest BCUT2D eigenvalue weighted by Crippen LogP contribution is -2.45. The summed E-state index contributed by atoms with van der Waals surface area (Å²) >= 11 is 0. The number of ketones is 1. The number of Topliss-reactive ketones (excluding diaryl/α,β-unsaturated/α-hetero) is 1. The van der Waals surface area contributed by atoms with Gasteiger partial charge >= 0.3 is 0 Å². The SMILES string of the molecule is Cc1ccc2c(c1)-c1ncc([C@]3(O)c4cc(C)ccc4O[C@H]3C(=O)c3ccc4c(c3)N(C)C(=O)CO4)cc1CO2. The Morgan fingerprint density at radius 2 is 1.68 bits per heavy atom. The Labute approximate surface area is 230 Å². The molecule has 0 spiro atoms. The average molecular weight is 535 g/mol. The second-order valence-electron chi connectivity index (χ2n) is 10.6. The van der Waals surface area contributed by atoms with Crippen LogP contribution in [-0.4, -0.2) is 41.5 Å². The number of likely N-dealkylation sites (N-methyl/N-ethyl adjacent to an activating group) is 1. The van der Waals surface area contributed by atoms with Gasteiger partial charge in [0, 0.05) is 41.1 Å². The van der Waals surface area contributed by atoms with E-state index in [0.29, 0.717) is 28.3 Å². The van der Waals surface area contributed by atoms with Crippen LogP contribution < -0.4 is 19.1 Å². The number of amides is 1. The maximum Gasteiger partial charge on any atom is 0.264 e. The lowest BCUT2D eigenvalue weighted by Gasteiger charge is -2.31. The van der Waals surface area contributed by atoms with Crippen LogP contribution >= 0.6 is 0 Å². The third-order valence-electron chi connectivity index (χ3n) is 7.92. The molecular weight excluding hydrogens is 508 g/mol. The fourth-order valence-corrected chi connectivity index (χ4v) is 5.71. The van der Waals surface area contributed by atoms with Crippen molar-refractivity contribution in [2.45, 2.75) is 32.2 Å². The molecule has 3 aromatic carbocycles. The van der Waals surface area contributed by atoms with Crippen molar-refractivity contribution in [2.75, 3.05) is 18.6 Å². The highest BCUT2D eigenvalue weighted by Gasteiger charge is 2.53. The van der Waals surface area contributed by atoms with Gasteiger partial charge in [-0.3, -0.25) is 14.6 Å². The second-order valence-corrected chi connectivity index (χ2v) is 10.6. The van der Waals surface area contributed by atoms with Gasteiger partial charge in [-0.05, 0) is 62.4 Å². The van der Waals surface area contributed by atoms with Crippen molar-refractivity contribution in [3.8, 4) is 28.5 Å². The zero-order chi connectivity index (χ0) is 27.8. The lowest BCUT2D eigenvalue weighted by molar-refractivity contribution is -0.121. The quantitative estimate of drug-likeness (QED) is 0.387. The maximum absolute atomic E-state index is 14.1. The van der Waals surface area contributed by atoms with Crippen LogP contribution in [0.1, 0.15) is 38.2 Å². The molecule has 4 aromatic rings. The summed E-state index contributed by atoms with van der Waals surface area (Å²) in [5, 5.41) is 12.5. The maximum atomic E-state index is 14.1. The number of anilines is 1. The first-order valence-corrected chi connectivity index (χ1v) is 13.0. The van der Waals surface area contributed by atoms with Crippen molar-refractivity contribution in [2.24, 2.45) is 0 Å². The number of ether oxygens (including phenoxy) is 3. The molecule has 3 aliphatic rings. The minimum Gasteiger partial charge on any atom is -0.488 e. The topological polar surface area (TPSA) is 98.2 Å². The Hall–Kier alpha value is -4.69. The molecule has 200 valence electrons. The van der Waals surface area contributed by atoms with Crippen LogP contribution in [0.5, 0.6) is 17.2 Å². The van der Waals surface area contributed by atoms with E-state index in [1.807, 2.05) is 50.2 Å². The van der Waals surface area contributed by atoms with Crippen LogP contribution in [0.15, 0.2) is 66.9 Å². The third-order valence-corrected chi connectivity index (χ3v) is 7.92. The first-order chi connectivity index (χ1) is 19.2. The number of benzene rings is 3. The predicted molar refractivity (Wildman–Crippen MR) is 147 cm³/mol. The van der Waals surface area contributed by atoms with Crippen molar-refractivity contribution in [1.82, 2.24) is 4.98 Å².